The van der Waals surface area contributed by atoms with Crippen LogP contribution in [0.3, 0.4) is 0 Å². The maximum Gasteiger partial charge on any atom is 0.277 e. The molecule has 3 aromatic rings. The van der Waals surface area contributed by atoms with E-state index < -0.39 is 0 Å². The van der Waals surface area contributed by atoms with E-state index in [1.807, 2.05) is 4.90 Å². The number of anilines is 1. The highest BCUT2D eigenvalue weighted by molar-refractivity contribution is 7.99. The normalized spacial score (nSPS) is 14.3. The van der Waals surface area contributed by atoms with E-state index in [9.17, 15) is 9.18 Å². The van der Waals surface area contributed by atoms with Crippen molar-refractivity contribution in [2.24, 2.45) is 0 Å². The summed E-state index contributed by atoms with van der Waals surface area (Å²) in [5.74, 6) is 0.879. The van der Waals surface area contributed by atoms with Crippen LogP contribution in [-0.2, 0) is 4.79 Å². The summed E-state index contributed by atoms with van der Waals surface area (Å²) in [5, 5.41) is 8.19. The first kappa shape index (κ1) is 18.4. The van der Waals surface area contributed by atoms with Crippen molar-refractivity contribution in [2.75, 3.05) is 36.8 Å². The molecule has 144 valence electrons. The number of carbonyl (C=O) groups excluding carboxylic acids is 1. The summed E-state index contributed by atoms with van der Waals surface area (Å²) in [5.41, 5.74) is 0.631. The second-order valence-electron chi connectivity index (χ2n) is 6.09. The maximum absolute atomic E-state index is 13.0. The summed E-state index contributed by atoms with van der Waals surface area (Å²) in [6, 6.07) is 7.57. The predicted molar refractivity (Wildman–Crippen MR) is 101 cm³/mol. The monoisotopic (exact) mass is 400 g/mol. The van der Waals surface area contributed by atoms with Crippen molar-refractivity contribution in [1.29, 1.82) is 0 Å². The van der Waals surface area contributed by atoms with Crippen LogP contribution in [0.4, 0.5) is 10.3 Å². The number of hydrogen-bond donors (Lipinski definition) is 0. The topological polar surface area (TPSA) is 88.3 Å². The Labute approximate surface area is 164 Å². The summed E-state index contributed by atoms with van der Waals surface area (Å²) < 4.78 is 18.5. The molecular weight excluding hydrogens is 383 g/mol. The molecule has 1 aliphatic rings. The Morgan fingerprint density at radius 1 is 1.07 bits per heavy atom. The van der Waals surface area contributed by atoms with E-state index in [4.69, 9.17) is 4.42 Å². The molecule has 0 atom stereocenters. The molecule has 3 heterocycles. The van der Waals surface area contributed by atoms with Gasteiger partial charge in [-0.3, -0.25) is 4.79 Å². The Morgan fingerprint density at radius 3 is 2.50 bits per heavy atom. The largest absolute Gasteiger partial charge is 0.411 e. The van der Waals surface area contributed by atoms with Gasteiger partial charge >= 0.3 is 0 Å². The molecule has 10 heteroatoms. The lowest BCUT2D eigenvalue weighted by Crippen LogP contribution is -2.49. The fourth-order valence-corrected chi connectivity index (χ4v) is 3.47. The van der Waals surface area contributed by atoms with Gasteiger partial charge in [0, 0.05) is 44.1 Å². The molecule has 0 aliphatic carbocycles. The Bertz CT molecular complexity index is 929. The molecule has 1 aliphatic heterocycles. The number of carbonyl (C=O) groups is 1. The molecular formula is C18H17FN6O2S. The maximum atomic E-state index is 13.0. The van der Waals surface area contributed by atoms with Crippen LogP contribution < -0.4 is 4.90 Å². The van der Waals surface area contributed by atoms with Crippen LogP contribution >= 0.6 is 11.8 Å². The minimum absolute atomic E-state index is 0.0140. The van der Waals surface area contributed by atoms with Crippen molar-refractivity contribution in [3.8, 4) is 11.5 Å². The average molecular weight is 400 g/mol. The number of hydrogen-bond acceptors (Lipinski definition) is 8. The van der Waals surface area contributed by atoms with Crippen molar-refractivity contribution >= 4 is 23.6 Å². The molecule has 1 aromatic carbocycles. The third-order valence-electron chi connectivity index (χ3n) is 4.28. The molecule has 28 heavy (non-hydrogen) atoms. The van der Waals surface area contributed by atoms with Gasteiger partial charge in [0.05, 0.1) is 5.75 Å². The van der Waals surface area contributed by atoms with Crippen molar-refractivity contribution in [1.82, 2.24) is 25.1 Å². The standard InChI is InChI=1S/C18H17FN6O2S/c19-14-4-2-13(3-5-14)16-22-23-18(27-16)28-12-15(26)24-8-10-25(11-9-24)17-20-6-1-7-21-17/h1-7H,8-12H2. The van der Waals surface area contributed by atoms with Crippen molar-refractivity contribution in [3.05, 3.63) is 48.5 Å². The molecule has 8 nitrogen and oxygen atoms in total. The number of nitrogens with zero attached hydrogens (tertiary/aromatic N) is 6. The molecule has 0 radical (unpaired) electrons. The van der Waals surface area contributed by atoms with Gasteiger partial charge in [0.2, 0.25) is 17.7 Å². The molecule has 2 aromatic heterocycles. The van der Waals surface area contributed by atoms with Crippen molar-refractivity contribution in [3.63, 3.8) is 0 Å². The van der Waals surface area contributed by atoms with Crippen LogP contribution in [0.25, 0.3) is 11.5 Å². The van der Waals surface area contributed by atoms with E-state index in [1.54, 1.807) is 30.6 Å². The van der Waals surface area contributed by atoms with E-state index in [0.717, 1.165) is 0 Å². The highest BCUT2D eigenvalue weighted by Crippen LogP contribution is 2.23. The summed E-state index contributed by atoms with van der Waals surface area (Å²) in [7, 11) is 0. The van der Waals surface area contributed by atoms with Gasteiger partial charge in [0.15, 0.2) is 0 Å². The predicted octanol–water partition coefficient (Wildman–Crippen LogP) is 2.11. The van der Waals surface area contributed by atoms with E-state index >= 15 is 0 Å². The second kappa shape index (κ2) is 8.34. The Balaban J connectivity index is 1.28. The minimum Gasteiger partial charge on any atom is -0.411 e. The molecule has 1 amide bonds. The second-order valence-corrected chi connectivity index (χ2v) is 7.01. The lowest BCUT2D eigenvalue weighted by Gasteiger charge is -2.34. The zero-order valence-electron chi connectivity index (χ0n) is 14.9. The highest BCUT2D eigenvalue weighted by Gasteiger charge is 2.23. The lowest BCUT2D eigenvalue weighted by molar-refractivity contribution is -0.128. The van der Waals surface area contributed by atoms with Gasteiger partial charge in [-0.05, 0) is 30.3 Å². The van der Waals surface area contributed by atoms with Crippen LogP contribution in [0, 0.1) is 5.82 Å². The zero-order chi connectivity index (χ0) is 19.3. The Hall–Kier alpha value is -3.01. The lowest BCUT2D eigenvalue weighted by atomic mass is 10.2. The quantitative estimate of drug-likeness (QED) is 0.602. The number of thioether (sulfide) groups is 1. The number of amides is 1. The summed E-state index contributed by atoms with van der Waals surface area (Å²) in [4.78, 5) is 24.8. The molecule has 0 saturated carbocycles. The van der Waals surface area contributed by atoms with E-state index in [-0.39, 0.29) is 17.5 Å². The third-order valence-corrected chi connectivity index (χ3v) is 5.09. The first-order valence-electron chi connectivity index (χ1n) is 8.71. The Kier molecular flexibility index (Phi) is 5.47. The van der Waals surface area contributed by atoms with Gasteiger partial charge < -0.3 is 14.2 Å². The number of benzene rings is 1. The van der Waals surface area contributed by atoms with Gasteiger partial charge in [-0.15, -0.1) is 10.2 Å². The SMILES string of the molecule is O=C(CSc1nnc(-c2ccc(F)cc2)o1)N1CCN(c2ncccn2)CC1. The van der Waals surface area contributed by atoms with Crippen molar-refractivity contribution in [2.45, 2.75) is 5.22 Å². The molecule has 1 saturated heterocycles. The van der Waals surface area contributed by atoms with E-state index in [0.29, 0.717) is 48.8 Å². The fourth-order valence-electron chi connectivity index (χ4n) is 2.80. The van der Waals surface area contributed by atoms with Crippen LogP contribution in [0.1, 0.15) is 0 Å². The number of aromatic nitrogens is 4. The highest BCUT2D eigenvalue weighted by atomic mass is 32.2. The van der Waals surface area contributed by atoms with Crippen LogP contribution in [0.15, 0.2) is 52.4 Å². The van der Waals surface area contributed by atoms with Gasteiger partial charge in [-0.25, -0.2) is 14.4 Å². The average Bonchev–Trinajstić information content (AvgIpc) is 3.22. The number of piperazine rings is 1. The first-order chi connectivity index (χ1) is 13.7. The number of rotatable bonds is 5. The fraction of sp³-hybridized carbons (Fsp3) is 0.278. The van der Waals surface area contributed by atoms with Crippen molar-refractivity contribution < 1.29 is 13.6 Å². The number of halogens is 1. The first-order valence-corrected chi connectivity index (χ1v) is 9.69. The smallest absolute Gasteiger partial charge is 0.277 e. The third kappa shape index (κ3) is 4.28. The molecule has 0 spiro atoms. The Morgan fingerprint density at radius 2 is 1.79 bits per heavy atom. The molecule has 0 bridgehead atoms. The van der Waals surface area contributed by atoms with Gasteiger partial charge in [0.25, 0.3) is 5.22 Å². The molecule has 0 N–H and O–H groups in total. The van der Waals surface area contributed by atoms with Gasteiger partial charge in [-0.1, -0.05) is 11.8 Å². The van der Waals surface area contributed by atoms with Gasteiger partial charge in [-0.2, -0.15) is 0 Å². The van der Waals surface area contributed by atoms with Gasteiger partial charge in [0.1, 0.15) is 5.82 Å². The molecule has 4 rings (SSSR count). The summed E-state index contributed by atoms with van der Waals surface area (Å²) >= 11 is 1.19. The molecule has 1 fully saturated rings. The zero-order valence-corrected chi connectivity index (χ0v) is 15.7. The molecule has 0 unspecified atom stereocenters. The van der Waals surface area contributed by atoms with Crippen LogP contribution in [0.2, 0.25) is 0 Å². The minimum atomic E-state index is -0.331. The van der Waals surface area contributed by atoms with E-state index in [2.05, 4.69) is 25.1 Å². The summed E-state index contributed by atoms with van der Waals surface area (Å²) in [6.07, 6.45) is 3.42. The van der Waals surface area contributed by atoms with Crippen LogP contribution in [-0.4, -0.2) is 62.9 Å². The summed E-state index contributed by atoms with van der Waals surface area (Å²) in [6.45, 7) is 2.61. The van der Waals surface area contributed by atoms with Crippen LogP contribution in [0.5, 0.6) is 0 Å². The van der Waals surface area contributed by atoms with E-state index in [1.165, 1.54) is 23.9 Å².